The SMILES string of the molecule is COc1ccc(C2CCCN2C(=O)COc2cccc(C(C)C)c2)c(OC)c1. The van der Waals surface area contributed by atoms with Crippen molar-refractivity contribution in [3.8, 4) is 17.2 Å². The molecule has 0 aliphatic carbocycles. The van der Waals surface area contributed by atoms with Crippen LogP contribution in [-0.4, -0.2) is 38.2 Å². The fourth-order valence-corrected chi connectivity index (χ4v) is 3.67. The van der Waals surface area contributed by atoms with E-state index >= 15 is 0 Å². The number of hydrogen-bond donors (Lipinski definition) is 0. The van der Waals surface area contributed by atoms with E-state index in [2.05, 4.69) is 19.9 Å². The minimum absolute atomic E-state index is 0.000968. The van der Waals surface area contributed by atoms with Gasteiger partial charge in [-0.05, 0) is 48.6 Å². The van der Waals surface area contributed by atoms with E-state index < -0.39 is 0 Å². The number of hydrogen-bond acceptors (Lipinski definition) is 4. The molecule has 1 saturated heterocycles. The van der Waals surface area contributed by atoms with E-state index in [1.165, 1.54) is 5.56 Å². The highest BCUT2D eigenvalue weighted by molar-refractivity contribution is 5.78. The molecule has 5 heteroatoms. The summed E-state index contributed by atoms with van der Waals surface area (Å²) < 4.78 is 16.6. The zero-order valence-electron chi connectivity index (χ0n) is 17.1. The van der Waals surface area contributed by atoms with Crippen LogP contribution >= 0.6 is 0 Å². The summed E-state index contributed by atoms with van der Waals surface area (Å²) >= 11 is 0. The van der Waals surface area contributed by atoms with Crippen molar-refractivity contribution < 1.29 is 19.0 Å². The molecule has 28 heavy (non-hydrogen) atoms. The summed E-state index contributed by atoms with van der Waals surface area (Å²) in [5.74, 6) is 2.64. The molecule has 5 nitrogen and oxygen atoms in total. The Morgan fingerprint density at radius 2 is 1.93 bits per heavy atom. The van der Waals surface area contributed by atoms with Crippen LogP contribution in [0.15, 0.2) is 42.5 Å². The molecule has 1 amide bonds. The Morgan fingerprint density at radius 1 is 1.11 bits per heavy atom. The number of carbonyl (C=O) groups is 1. The molecule has 1 heterocycles. The van der Waals surface area contributed by atoms with Crippen LogP contribution in [-0.2, 0) is 4.79 Å². The molecule has 150 valence electrons. The number of methoxy groups -OCH3 is 2. The molecule has 1 unspecified atom stereocenters. The van der Waals surface area contributed by atoms with Gasteiger partial charge < -0.3 is 19.1 Å². The van der Waals surface area contributed by atoms with E-state index in [1.54, 1.807) is 14.2 Å². The molecule has 2 aromatic rings. The number of carbonyl (C=O) groups excluding carboxylic acids is 1. The first-order chi connectivity index (χ1) is 13.5. The van der Waals surface area contributed by atoms with E-state index in [9.17, 15) is 4.79 Å². The van der Waals surface area contributed by atoms with Crippen molar-refractivity contribution >= 4 is 5.91 Å². The molecule has 0 spiro atoms. The van der Waals surface area contributed by atoms with E-state index in [1.807, 2.05) is 41.3 Å². The molecule has 1 fully saturated rings. The Hall–Kier alpha value is -2.69. The summed E-state index contributed by atoms with van der Waals surface area (Å²) in [5.41, 5.74) is 2.21. The lowest BCUT2D eigenvalue weighted by Gasteiger charge is -2.26. The Bertz CT molecular complexity index is 818. The normalized spacial score (nSPS) is 16.3. The van der Waals surface area contributed by atoms with Gasteiger partial charge in [-0.3, -0.25) is 4.79 Å². The van der Waals surface area contributed by atoms with Gasteiger partial charge in [0.1, 0.15) is 17.2 Å². The highest BCUT2D eigenvalue weighted by Crippen LogP contribution is 2.38. The first kappa shape index (κ1) is 20.1. The maximum Gasteiger partial charge on any atom is 0.261 e. The molecule has 2 aromatic carbocycles. The number of rotatable bonds is 7. The van der Waals surface area contributed by atoms with Crippen LogP contribution in [0.1, 0.15) is 49.8 Å². The van der Waals surface area contributed by atoms with Crippen molar-refractivity contribution in [3.05, 3.63) is 53.6 Å². The van der Waals surface area contributed by atoms with Crippen molar-refractivity contribution in [2.45, 2.75) is 38.6 Å². The lowest BCUT2D eigenvalue weighted by atomic mass is 10.0. The van der Waals surface area contributed by atoms with Gasteiger partial charge in [0.25, 0.3) is 5.91 Å². The summed E-state index contributed by atoms with van der Waals surface area (Å²) in [6.45, 7) is 5.05. The third-order valence-electron chi connectivity index (χ3n) is 5.26. The zero-order chi connectivity index (χ0) is 20.1. The average molecular weight is 383 g/mol. The van der Waals surface area contributed by atoms with E-state index in [4.69, 9.17) is 14.2 Å². The predicted octanol–water partition coefficient (Wildman–Crippen LogP) is 4.57. The van der Waals surface area contributed by atoms with E-state index in [0.717, 1.165) is 42.2 Å². The highest BCUT2D eigenvalue weighted by atomic mass is 16.5. The third-order valence-corrected chi connectivity index (χ3v) is 5.26. The van der Waals surface area contributed by atoms with Crippen molar-refractivity contribution in [3.63, 3.8) is 0 Å². The van der Waals surface area contributed by atoms with Gasteiger partial charge in [0.2, 0.25) is 0 Å². The van der Waals surface area contributed by atoms with Crippen LogP contribution in [0.4, 0.5) is 0 Å². The van der Waals surface area contributed by atoms with Crippen molar-refractivity contribution in [1.82, 2.24) is 4.90 Å². The number of amides is 1. The van der Waals surface area contributed by atoms with Gasteiger partial charge >= 0.3 is 0 Å². The van der Waals surface area contributed by atoms with E-state index in [-0.39, 0.29) is 18.6 Å². The quantitative estimate of drug-likeness (QED) is 0.703. The zero-order valence-corrected chi connectivity index (χ0v) is 17.1. The number of benzene rings is 2. The van der Waals surface area contributed by atoms with Gasteiger partial charge in [0, 0.05) is 18.2 Å². The number of ether oxygens (including phenoxy) is 3. The Morgan fingerprint density at radius 3 is 2.64 bits per heavy atom. The monoisotopic (exact) mass is 383 g/mol. The third kappa shape index (κ3) is 4.41. The Labute approximate surface area is 167 Å². The second-order valence-corrected chi connectivity index (χ2v) is 7.37. The lowest BCUT2D eigenvalue weighted by molar-refractivity contribution is -0.134. The van der Waals surface area contributed by atoms with Crippen molar-refractivity contribution in [1.29, 1.82) is 0 Å². The molecule has 3 rings (SSSR count). The maximum absolute atomic E-state index is 12.9. The fraction of sp³-hybridized carbons (Fsp3) is 0.435. The molecule has 0 saturated carbocycles. The van der Waals surface area contributed by atoms with Crippen LogP contribution < -0.4 is 14.2 Å². The highest BCUT2D eigenvalue weighted by Gasteiger charge is 2.32. The van der Waals surface area contributed by atoms with Crippen LogP contribution in [0.5, 0.6) is 17.2 Å². The molecule has 1 atom stereocenters. The topological polar surface area (TPSA) is 48.0 Å². The molecule has 1 aliphatic rings. The molecule has 0 aromatic heterocycles. The summed E-state index contributed by atoms with van der Waals surface area (Å²) in [6, 6.07) is 13.7. The molecule has 1 aliphatic heterocycles. The fourth-order valence-electron chi connectivity index (χ4n) is 3.67. The smallest absolute Gasteiger partial charge is 0.261 e. The summed E-state index contributed by atoms with van der Waals surface area (Å²) in [4.78, 5) is 14.8. The lowest BCUT2D eigenvalue weighted by Crippen LogP contribution is -2.34. The van der Waals surface area contributed by atoms with Gasteiger partial charge in [0.05, 0.1) is 20.3 Å². The molecule has 0 N–H and O–H groups in total. The van der Waals surface area contributed by atoms with E-state index in [0.29, 0.717) is 5.92 Å². The summed E-state index contributed by atoms with van der Waals surface area (Å²) in [5, 5.41) is 0. The van der Waals surface area contributed by atoms with Crippen LogP contribution in [0.25, 0.3) is 0 Å². The second kappa shape index (κ2) is 9.00. The van der Waals surface area contributed by atoms with Crippen molar-refractivity contribution in [2.24, 2.45) is 0 Å². The summed E-state index contributed by atoms with van der Waals surface area (Å²) in [7, 11) is 3.27. The predicted molar refractivity (Wildman–Crippen MR) is 109 cm³/mol. The molecular formula is C23H29NO4. The standard InChI is InChI=1S/C23H29NO4/c1-16(2)17-7-5-8-19(13-17)28-15-23(25)24-12-6-9-21(24)20-11-10-18(26-3)14-22(20)27-4/h5,7-8,10-11,13-14,16,21H,6,9,12,15H2,1-4H3. The minimum Gasteiger partial charge on any atom is -0.497 e. The van der Waals surface area contributed by atoms with Gasteiger partial charge in [0.15, 0.2) is 6.61 Å². The van der Waals surface area contributed by atoms with Gasteiger partial charge in [-0.1, -0.05) is 26.0 Å². The van der Waals surface area contributed by atoms with Gasteiger partial charge in [-0.15, -0.1) is 0 Å². The van der Waals surface area contributed by atoms with Crippen LogP contribution in [0.3, 0.4) is 0 Å². The number of nitrogens with zero attached hydrogens (tertiary/aromatic N) is 1. The van der Waals surface area contributed by atoms with Crippen molar-refractivity contribution in [2.75, 3.05) is 27.4 Å². The Kier molecular flexibility index (Phi) is 6.45. The Balaban J connectivity index is 1.71. The largest absolute Gasteiger partial charge is 0.497 e. The first-order valence-corrected chi connectivity index (χ1v) is 9.77. The molecular weight excluding hydrogens is 354 g/mol. The van der Waals surface area contributed by atoms with Crippen LogP contribution in [0, 0.1) is 0 Å². The minimum atomic E-state index is -0.00433. The maximum atomic E-state index is 12.9. The van der Waals surface area contributed by atoms with Crippen LogP contribution in [0.2, 0.25) is 0 Å². The summed E-state index contributed by atoms with van der Waals surface area (Å²) in [6.07, 6.45) is 1.88. The average Bonchev–Trinajstić information content (AvgIpc) is 3.21. The first-order valence-electron chi connectivity index (χ1n) is 9.77. The number of likely N-dealkylation sites (tertiary alicyclic amines) is 1. The molecule has 0 radical (unpaired) electrons. The molecule has 0 bridgehead atoms. The van der Waals surface area contributed by atoms with Gasteiger partial charge in [-0.25, -0.2) is 0 Å². The second-order valence-electron chi connectivity index (χ2n) is 7.37. The van der Waals surface area contributed by atoms with Gasteiger partial charge in [-0.2, -0.15) is 0 Å².